The lowest BCUT2D eigenvalue weighted by atomic mass is 10.3. The van der Waals surface area contributed by atoms with E-state index < -0.39 is 0 Å². The lowest BCUT2D eigenvalue weighted by molar-refractivity contribution is -0.113. The van der Waals surface area contributed by atoms with Gasteiger partial charge >= 0.3 is 0 Å². The van der Waals surface area contributed by atoms with Gasteiger partial charge in [-0.1, -0.05) is 35.5 Å². The van der Waals surface area contributed by atoms with E-state index in [0.717, 1.165) is 0 Å². The monoisotopic (exact) mass is 362 g/mol. The van der Waals surface area contributed by atoms with Crippen molar-refractivity contribution in [3.63, 3.8) is 0 Å². The summed E-state index contributed by atoms with van der Waals surface area (Å²) in [6.45, 7) is 2.67. The third kappa shape index (κ3) is 3.63. The smallest absolute Gasteiger partial charge is 0.234 e. The van der Waals surface area contributed by atoms with E-state index in [1.165, 1.54) is 11.8 Å². The molecule has 0 bridgehead atoms. The van der Waals surface area contributed by atoms with Crippen molar-refractivity contribution in [3.05, 3.63) is 47.7 Å². The van der Waals surface area contributed by atoms with Gasteiger partial charge in [-0.05, 0) is 31.2 Å². The molecule has 1 N–H and O–H groups in total. The number of nitrogens with one attached hydrogen (secondary N) is 1. The number of thioether (sulfide) groups is 1. The summed E-state index contributed by atoms with van der Waals surface area (Å²) < 4.78 is 7.28. The largest absolute Gasteiger partial charge is 0.461 e. The second kappa shape index (κ2) is 7.55. The van der Waals surface area contributed by atoms with Crippen LogP contribution in [0.25, 0.3) is 11.6 Å². The number of rotatable bonds is 6. The Morgan fingerprint density at radius 3 is 2.83 bits per heavy atom. The fourth-order valence-corrected chi connectivity index (χ4v) is 3.13. The van der Waals surface area contributed by atoms with E-state index >= 15 is 0 Å². The molecule has 0 spiro atoms. The first kappa shape index (κ1) is 16.6. The first-order valence-corrected chi connectivity index (χ1v) is 8.69. The van der Waals surface area contributed by atoms with Crippen molar-refractivity contribution in [1.29, 1.82) is 0 Å². The highest BCUT2D eigenvalue weighted by Crippen LogP contribution is 2.25. The van der Waals surface area contributed by atoms with Crippen molar-refractivity contribution in [1.82, 2.24) is 14.8 Å². The average Bonchev–Trinajstić information content (AvgIpc) is 3.23. The Kier molecular flexibility index (Phi) is 5.22. The van der Waals surface area contributed by atoms with Crippen molar-refractivity contribution in [3.8, 4) is 11.6 Å². The molecule has 0 aliphatic heterocycles. The number of halogens is 1. The number of carbonyl (C=O) groups excluding carboxylic acids is 1. The summed E-state index contributed by atoms with van der Waals surface area (Å²) in [7, 11) is 0. The molecule has 0 saturated heterocycles. The molecule has 2 heterocycles. The van der Waals surface area contributed by atoms with Crippen molar-refractivity contribution in [2.75, 3.05) is 11.1 Å². The van der Waals surface area contributed by atoms with E-state index in [4.69, 9.17) is 16.0 Å². The molecule has 124 valence electrons. The van der Waals surface area contributed by atoms with Crippen LogP contribution in [0.2, 0.25) is 5.02 Å². The molecule has 0 fully saturated rings. The van der Waals surface area contributed by atoms with Crippen molar-refractivity contribution < 1.29 is 9.21 Å². The number of hydrogen-bond acceptors (Lipinski definition) is 5. The molecule has 6 nitrogen and oxygen atoms in total. The van der Waals surface area contributed by atoms with E-state index in [-0.39, 0.29) is 11.7 Å². The molecule has 1 aromatic carbocycles. The van der Waals surface area contributed by atoms with Gasteiger partial charge in [-0.2, -0.15) is 0 Å². The normalized spacial score (nSPS) is 10.8. The van der Waals surface area contributed by atoms with Crippen molar-refractivity contribution >= 4 is 35.0 Å². The fraction of sp³-hybridized carbons (Fsp3) is 0.188. The minimum atomic E-state index is -0.154. The van der Waals surface area contributed by atoms with E-state index in [9.17, 15) is 4.79 Å². The van der Waals surface area contributed by atoms with Crippen LogP contribution in [0, 0.1) is 0 Å². The highest BCUT2D eigenvalue weighted by atomic mass is 35.5. The number of benzene rings is 1. The van der Waals surface area contributed by atoms with Crippen LogP contribution in [-0.4, -0.2) is 26.4 Å². The SMILES string of the molecule is CCn1c(SCC(=O)Nc2ccccc2Cl)nnc1-c1ccco1. The first-order chi connectivity index (χ1) is 11.7. The maximum atomic E-state index is 12.1. The molecule has 2 aromatic heterocycles. The Balaban J connectivity index is 1.67. The number of aromatic nitrogens is 3. The number of furan rings is 1. The molecule has 24 heavy (non-hydrogen) atoms. The molecule has 1 amide bonds. The van der Waals surface area contributed by atoms with Crippen LogP contribution in [0.5, 0.6) is 0 Å². The standard InChI is InChI=1S/C16H15ClN4O2S/c1-2-21-15(13-8-5-9-23-13)19-20-16(21)24-10-14(22)18-12-7-4-3-6-11(12)17/h3-9H,2,10H2,1H3,(H,18,22). The zero-order valence-electron chi connectivity index (χ0n) is 12.9. The number of anilines is 1. The summed E-state index contributed by atoms with van der Waals surface area (Å²) in [5.41, 5.74) is 0.595. The van der Waals surface area contributed by atoms with Gasteiger partial charge in [-0.3, -0.25) is 9.36 Å². The quantitative estimate of drug-likeness (QED) is 0.672. The van der Waals surface area contributed by atoms with Gasteiger partial charge in [0, 0.05) is 6.54 Å². The topological polar surface area (TPSA) is 73.0 Å². The highest BCUT2D eigenvalue weighted by Gasteiger charge is 2.16. The predicted octanol–water partition coefficient (Wildman–Crippen LogP) is 3.94. The summed E-state index contributed by atoms with van der Waals surface area (Å²) in [5, 5.41) is 12.3. The maximum Gasteiger partial charge on any atom is 0.234 e. The Morgan fingerprint density at radius 1 is 1.29 bits per heavy atom. The average molecular weight is 363 g/mol. The van der Waals surface area contributed by atoms with Crippen molar-refractivity contribution in [2.24, 2.45) is 0 Å². The molecule has 0 aliphatic carbocycles. The molecular formula is C16H15ClN4O2S. The summed E-state index contributed by atoms with van der Waals surface area (Å²) in [4.78, 5) is 12.1. The van der Waals surface area contributed by atoms with Crippen LogP contribution in [-0.2, 0) is 11.3 Å². The number of carbonyl (C=O) groups is 1. The Bertz CT molecular complexity index is 832. The van der Waals surface area contributed by atoms with Crippen LogP contribution in [0.15, 0.2) is 52.2 Å². The molecule has 0 radical (unpaired) electrons. The molecule has 0 aliphatic rings. The van der Waals surface area contributed by atoms with Crippen LogP contribution in [0.4, 0.5) is 5.69 Å². The predicted molar refractivity (Wildman–Crippen MR) is 94.2 cm³/mol. The maximum absolute atomic E-state index is 12.1. The summed E-state index contributed by atoms with van der Waals surface area (Å²) in [6, 6.07) is 10.7. The molecular weight excluding hydrogens is 348 g/mol. The Morgan fingerprint density at radius 2 is 2.12 bits per heavy atom. The van der Waals surface area contributed by atoms with Gasteiger partial charge in [0.15, 0.2) is 16.7 Å². The van der Waals surface area contributed by atoms with Crippen LogP contribution in [0.3, 0.4) is 0 Å². The van der Waals surface area contributed by atoms with E-state index in [1.54, 1.807) is 24.5 Å². The molecule has 3 rings (SSSR count). The van der Waals surface area contributed by atoms with Gasteiger partial charge in [0.25, 0.3) is 0 Å². The van der Waals surface area contributed by atoms with Crippen LogP contribution >= 0.6 is 23.4 Å². The van der Waals surface area contributed by atoms with Gasteiger partial charge in [0.2, 0.25) is 5.91 Å². The summed E-state index contributed by atoms with van der Waals surface area (Å²) in [5.74, 6) is 1.35. The third-order valence-corrected chi connectivity index (χ3v) is 4.55. The number of nitrogens with zero attached hydrogens (tertiary/aromatic N) is 3. The van der Waals surface area contributed by atoms with E-state index in [1.807, 2.05) is 29.7 Å². The van der Waals surface area contributed by atoms with Gasteiger partial charge < -0.3 is 9.73 Å². The third-order valence-electron chi connectivity index (χ3n) is 3.25. The van der Waals surface area contributed by atoms with Gasteiger partial charge in [0.05, 0.1) is 22.7 Å². The van der Waals surface area contributed by atoms with Crippen LogP contribution < -0.4 is 5.32 Å². The van der Waals surface area contributed by atoms with E-state index in [0.29, 0.717) is 34.0 Å². The Hall–Kier alpha value is -2.25. The zero-order valence-corrected chi connectivity index (χ0v) is 14.5. The summed E-state index contributed by atoms with van der Waals surface area (Å²) in [6.07, 6.45) is 1.59. The second-order valence-electron chi connectivity index (χ2n) is 4.84. The molecule has 3 aromatic rings. The van der Waals surface area contributed by atoms with Crippen LogP contribution in [0.1, 0.15) is 6.92 Å². The fourth-order valence-electron chi connectivity index (χ4n) is 2.15. The molecule has 0 atom stereocenters. The van der Waals surface area contributed by atoms with Gasteiger partial charge in [0.1, 0.15) is 0 Å². The molecule has 8 heteroatoms. The second-order valence-corrected chi connectivity index (χ2v) is 6.19. The van der Waals surface area contributed by atoms with Crippen molar-refractivity contribution in [2.45, 2.75) is 18.6 Å². The first-order valence-electron chi connectivity index (χ1n) is 7.33. The van der Waals surface area contributed by atoms with Gasteiger partial charge in [-0.25, -0.2) is 0 Å². The zero-order chi connectivity index (χ0) is 16.9. The lowest BCUT2D eigenvalue weighted by Gasteiger charge is -2.07. The lowest BCUT2D eigenvalue weighted by Crippen LogP contribution is -2.14. The molecule has 0 saturated carbocycles. The number of para-hydroxylation sites is 1. The number of hydrogen-bond donors (Lipinski definition) is 1. The number of amides is 1. The molecule has 0 unspecified atom stereocenters. The van der Waals surface area contributed by atoms with E-state index in [2.05, 4.69) is 15.5 Å². The minimum absolute atomic E-state index is 0.154. The minimum Gasteiger partial charge on any atom is -0.461 e. The summed E-state index contributed by atoms with van der Waals surface area (Å²) >= 11 is 7.35. The van der Waals surface area contributed by atoms with Gasteiger partial charge in [-0.15, -0.1) is 10.2 Å². The Labute approximate surface area is 148 Å². The highest BCUT2D eigenvalue weighted by molar-refractivity contribution is 7.99.